The van der Waals surface area contributed by atoms with Crippen molar-refractivity contribution in [2.24, 2.45) is 0 Å². The molecule has 0 unspecified atom stereocenters. The quantitative estimate of drug-likeness (QED) is 0.834. The highest BCUT2D eigenvalue weighted by Crippen LogP contribution is 2.15. The van der Waals surface area contributed by atoms with Crippen LogP contribution in [-0.4, -0.2) is 36.2 Å². The summed E-state index contributed by atoms with van der Waals surface area (Å²) in [6.07, 6.45) is 2.16. The number of sulfonamides is 1. The summed E-state index contributed by atoms with van der Waals surface area (Å²) in [4.78, 5) is 2.49. The number of nitrogens with zero attached hydrogens (tertiary/aromatic N) is 4. The minimum atomic E-state index is -3.68. The van der Waals surface area contributed by atoms with Crippen LogP contribution >= 0.6 is 0 Å². The lowest BCUT2D eigenvalue weighted by Crippen LogP contribution is -2.24. The smallest absolute Gasteiger partial charge is 0.240 e. The first kappa shape index (κ1) is 18.6. The molecule has 0 aliphatic carbocycles. The second-order valence-corrected chi connectivity index (χ2v) is 8.21. The average Bonchev–Trinajstić information content (AvgIpc) is 2.92. The summed E-state index contributed by atoms with van der Waals surface area (Å²) in [5.74, 6) is 0. The average molecular weight is 373 g/mol. The van der Waals surface area contributed by atoms with Gasteiger partial charge in [-0.05, 0) is 43.7 Å². The van der Waals surface area contributed by atoms with Crippen LogP contribution in [0.1, 0.15) is 36.7 Å². The van der Waals surface area contributed by atoms with E-state index in [1.165, 1.54) is 12.1 Å². The van der Waals surface area contributed by atoms with Crippen LogP contribution in [0.4, 0.5) is 0 Å². The van der Waals surface area contributed by atoms with Gasteiger partial charge < -0.3 is 0 Å². The maximum Gasteiger partial charge on any atom is 0.240 e. The molecule has 2 heterocycles. The first-order chi connectivity index (χ1) is 12.5. The molecule has 138 valence electrons. The summed E-state index contributed by atoms with van der Waals surface area (Å²) < 4.78 is 29.5. The van der Waals surface area contributed by atoms with Gasteiger partial charge in [-0.1, -0.05) is 13.0 Å². The molecular formula is C18H23N5O2S. The van der Waals surface area contributed by atoms with Crippen molar-refractivity contribution >= 4 is 10.0 Å². The maximum absolute atomic E-state index is 12.4. The van der Waals surface area contributed by atoms with Gasteiger partial charge in [0.2, 0.25) is 10.0 Å². The van der Waals surface area contributed by atoms with E-state index in [0.717, 1.165) is 44.7 Å². The zero-order valence-corrected chi connectivity index (χ0v) is 15.7. The van der Waals surface area contributed by atoms with E-state index in [-0.39, 0.29) is 11.4 Å². The van der Waals surface area contributed by atoms with Crippen LogP contribution in [0, 0.1) is 11.3 Å². The van der Waals surface area contributed by atoms with E-state index in [1.54, 1.807) is 12.1 Å². The minimum Gasteiger partial charge on any atom is -0.297 e. The van der Waals surface area contributed by atoms with Gasteiger partial charge in [0.25, 0.3) is 0 Å². The summed E-state index contributed by atoms with van der Waals surface area (Å²) in [7, 11) is -3.68. The van der Waals surface area contributed by atoms with Crippen LogP contribution in [-0.2, 0) is 29.7 Å². The molecule has 1 N–H and O–H groups in total. The molecule has 0 saturated carbocycles. The fourth-order valence-electron chi connectivity index (χ4n) is 3.17. The number of hydrogen-bond donors (Lipinski definition) is 1. The van der Waals surface area contributed by atoms with E-state index in [9.17, 15) is 8.42 Å². The van der Waals surface area contributed by atoms with E-state index in [1.807, 2.05) is 16.8 Å². The number of nitrogens with one attached hydrogen (secondary N) is 1. The second kappa shape index (κ2) is 7.99. The van der Waals surface area contributed by atoms with Crippen molar-refractivity contribution in [3.63, 3.8) is 0 Å². The Morgan fingerprint density at radius 2 is 2.15 bits per heavy atom. The zero-order valence-electron chi connectivity index (χ0n) is 14.9. The molecule has 0 amide bonds. The van der Waals surface area contributed by atoms with Crippen molar-refractivity contribution in [3.8, 4) is 6.07 Å². The fourth-order valence-corrected chi connectivity index (χ4v) is 4.21. The largest absolute Gasteiger partial charge is 0.297 e. The molecule has 1 aliphatic heterocycles. The molecule has 0 atom stereocenters. The van der Waals surface area contributed by atoms with E-state index in [0.29, 0.717) is 11.3 Å². The number of aromatic nitrogens is 2. The molecule has 26 heavy (non-hydrogen) atoms. The lowest BCUT2D eigenvalue weighted by molar-refractivity contribution is 0.270. The topological polar surface area (TPSA) is 91.0 Å². The van der Waals surface area contributed by atoms with Crippen LogP contribution in [0.15, 0.2) is 35.2 Å². The molecular weight excluding hydrogens is 350 g/mol. The number of hydrogen-bond acceptors (Lipinski definition) is 5. The normalized spacial score (nSPS) is 15.2. The van der Waals surface area contributed by atoms with Crippen molar-refractivity contribution in [1.29, 1.82) is 5.26 Å². The van der Waals surface area contributed by atoms with Crippen LogP contribution < -0.4 is 4.72 Å². The second-order valence-electron chi connectivity index (χ2n) is 6.44. The highest BCUT2D eigenvalue weighted by molar-refractivity contribution is 7.89. The summed E-state index contributed by atoms with van der Waals surface area (Å²) >= 11 is 0. The van der Waals surface area contributed by atoms with E-state index < -0.39 is 10.0 Å². The van der Waals surface area contributed by atoms with Gasteiger partial charge in [0.15, 0.2) is 0 Å². The molecule has 1 aromatic carbocycles. The van der Waals surface area contributed by atoms with Gasteiger partial charge in [0.05, 0.1) is 34.5 Å². The Labute approximate surface area is 154 Å². The summed E-state index contributed by atoms with van der Waals surface area (Å²) in [5.41, 5.74) is 2.15. The van der Waals surface area contributed by atoms with Gasteiger partial charge in [-0.2, -0.15) is 10.4 Å². The zero-order chi connectivity index (χ0) is 18.6. The molecule has 8 heteroatoms. The predicted molar refractivity (Wildman–Crippen MR) is 97.6 cm³/mol. The van der Waals surface area contributed by atoms with E-state index in [4.69, 9.17) is 5.26 Å². The van der Waals surface area contributed by atoms with E-state index in [2.05, 4.69) is 21.6 Å². The minimum absolute atomic E-state index is 0.0893. The van der Waals surface area contributed by atoms with Crippen LogP contribution in [0.2, 0.25) is 0 Å². The Balaban J connectivity index is 1.70. The van der Waals surface area contributed by atoms with Gasteiger partial charge in [0, 0.05) is 19.6 Å². The molecule has 0 fully saturated rings. The van der Waals surface area contributed by atoms with Gasteiger partial charge in [-0.25, -0.2) is 13.1 Å². The standard InChI is InChI=1S/C18H23N5O2S/c1-2-7-22-8-4-9-23-17(14-22)11-16(21-23)13-20-26(24,25)18-6-3-5-15(10-18)12-19/h3,5-6,10-11,20H,2,4,7-9,13-14H2,1H3. The molecule has 0 bridgehead atoms. The lowest BCUT2D eigenvalue weighted by atomic mass is 10.2. The molecule has 0 spiro atoms. The first-order valence-electron chi connectivity index (χ1n) is 8.79. The molecule has 3 rings (SSSR count). The first-order valence-corrected chi connectivity index (χ1v) is 10.3. The third-order valence-electron chi connectivity index (χ3n) is 4.40. The van der Waals surface area contributed by atoms with Gasteiger partial charge in [-0.3, -0.25) is 9.58 Å². The van der Waals surface area contributed by atoms with Crippen LogP contribution in [0.25, 0.3) is 0 Å². The maximum atomic E-state index is 12.4. The Morgan fingerprint density at radius 1 is 1.31 bits per heavy atom. The Bertz CT molecular complexity index is 914. The Morgan fingerprint density at radius 3 is 2.92 bits per heavy atom. The van der Waals surface area contributed by atoms with Gasteiger partial charge in [-0.15, -0.1) is 0 Å². The summed E-state index contributed by atoms with van der Waals surface area (Å²) in [6.45, 7) is 6.12. The Hall–Kier alpha value is -2.21. The fraction of sp³-hybridized carbons (Fsp3) is 0.444. The van der Waals surface area contributed by atoms with Crippen molar-refractivity contribution in [2.45, 2.75) is 44.3 Å². The number of benzene rings is 1. The molecule has 0 radical (unpaired) electrons. The van der Waals surface area contributed by atoms with Crippen molar-refractivity contribution in [2.75, 3.05) is 13.1 Å². The molecule has 1 aromatic heterocycles. The summed E-state index contributed by atoms with van der Waals surface area (Å²) in [5, 5.41) is 13.5. The van der Waals surface area contributed by atoms with Crippen LogP contribution in [0.5, 0.6) is 0 Å². The van der Waals surface area contributed by atoms with Crippen molar-refractivity contribution in [1.82, 2.24) is 19.4 Å². The number of aryl methyl sites for hydroxylation is 1. The SMILES string of the molecule is CCCN1CCCn2nc(CNS(=O)(=O)c3cccc(C#N)c3)cc2C1. The number of fused-ring (bicyclic) bond motifs is 1. The van der Waals surface area contributed by atoms with Crippen molar-refractivity contribution in [3.05, 3.63) is 47.3 Å². The molecule has 7 nitrogen and oxygen atoms in total. The third-order valence-corrected chi connectivity index (χ3v) is 5.80. The highest BCUT2D eigenvalue weighted by Gasteiger charge is 2.18. The summed E-state index contributed by atoms with van der Waals surface area (Å²) in [6, 6.07) is 9.92. The predicted octanol–water partition coefficient (Wildman–Crippen LogP) is 1.85. The molecule has 0 saturated heterocycles. The van der Waals surface area contributed by atoms with Crippen molar-refractivity contribution < 1.29 is 8.42 Å². The third kappa shape index (κ3) is 4.30. The van der Waals surface area contributed by atoms with Gasteiger partial charge in [0.1, 0.15) is 0 Å². The van der Waals surface area contributed by atoms with E-state index >= 15 is 0 Å². The monoisotopic (exact) mass is 373 g/mol. The lowest BCUT2D eigenvalue weighted by Gasteiger charge is -2.17. The number of rotatable bonds is 6. The Kier molecular flexibility index (Phi) is 5.71. The molecule has 1 aliphatic rings. The van der Waals surface area contributed by atoms with Crippen LogP contribution in [0.3, 0.4) is 0 Å². The van der Waals surface area contributed by atoms with Gasteiger partial charge >= 0.3 is 0 Å². The highest BCUT2D eigenvalue weighted by atomic mass is 32.2. The molecule has 2 aromatic rings. The number of nitriles is 1.